The van der Waals surface area contributed by atoms with Crippen molar-refractivity contribution in [2.75, 3.05) is 11.9 Å². The van der Waals surface area contributed by atoms with Crippen molar-refractivity contribution in [1.29, 1.82) is 0 Å². The minimum atomic E-state index is 0.174. The average Bonchev–Trinajstić information content (AvgIpc) is 2.28. The predicted molar refractivity (Wildman–Crippen MR) is 74.4 cm³/mol. The summed E-state index contributed by atoms with van der Waals surface area (Å²) >= 11 is 0. The fourth-order valence-corrected chi connectivity index (χ4v) is 2.07. The summed E-state index contributed by atoms with van der Waals surface area (Å²) in [6, 6.07) is 4.80. The van der Waals surface area contributed by atoms with Crippen LogP contribution in [-0.2, 0) is 6.42 Å². The Morgan fingerprint density at radius 2 is 2.12 bits per heavy atom. The Morgan fingerprint density at radius 3 is 2.71 bits per heavy atom. The van der Waals surface area contributed by atoms with Crippen molar-refractivity contribution in [3.05, 3.63) is 23.9 Å². The molecule has 0 aliphatic heterocycles. The molecule has 0 spiro atoms. The third-order valence-electron chi connectivity index (χ3n) is 3.11. The van der Waals surface area contributed by atoms with Crippen molar-refractivity contribution in [3.8, 4) is 0 Å². The van der Waals surface area contributed by atoms with Crippen LogP contribution in [0.5, 0.6) is 0 Å². The lowest BCUT2D eigenvalue weighted by Crippen LogP contribution is -2.31. The molecule has 2 unspecified atom stereocenters. The molecule has 0 amide bonds. The Morgan fingerprint density at radius 1 is 1.41 bits per heavy atom. The molecule has 0 saturated carbocycles. The van der Waals surface area contributed by atoms with E-state index in [0.29, 0.717) is 6.04 Å². The molecule has 0 saturated heterocycles. The monoisotopic (exact) mass is 235 g/mol. The summed E-state index contributed by atoms with van der Waals surface area (Å²) < 4.78 is 0. The van der Waals surface area contributed by atoms with Crippen molar-refractivity contribution in [3.63, 3.8) is 0 Å². The summed E-state index contributed by atoms with van der Waals surface area (Å²) in [4.78, 5) is 6.77. The highest BCUT2D eigenvalue weighted by Gasteiger charge is 2.14. The molecule has 17 heavy (non-hydrogen) atoms. The van der Waals surface area contributed by atoms with Crippen LogP contribution in [0, 0.1) is 0 Å². The summed E-state index contributed by atoms with van der Waals surface area (Å²) in [7, 11) is 2.12. The van der Waals surface area contributed by atoms with Crippen molar-refractivity contribution < 1.29 is 0 Å². The summed E-state index contributed by atoms with van der Waals surface area (Å²) in [5, 5.41) is 0. The molecule has 1 heterocycles. The molecular formula is C14H25N3. The topological polar surface area (TPSA) is 42.2 Å². The maximum Gasteiger partial charge on any atom is 0.131 e. The highest BCUT2D eigenvalue weighted by molar-refractivity contribution is 5.47. The van der Waals surface area contributed by atoms with Gasteiger partial charge in [0.05, 0.1) is 0 Å². The van der Waals surface area contributed by atoms with Crippen LogP contribution in [0.2, 0.25) is 0 Å². The first-order chi connectivity index (χ1) is 8.06. The molecule has 0 aliphatic carbocycles. The molecule has 0 bridgehead atoms. The lowest BCUT2D eigenvalue weighted by Gasteiger charge is -2.28. The van der Waals surface area contributed by atoms with Crippen LogP contribution < -0.4 is 10.6 Å². The van der Waals surface area contributed by atoms with Gasteiger partial charge in [0.25, 0.3) is 0 Å². The Bertz CT molecular complexity index is 336. The number of anilines is 1. The molecule has 3 heteroatoms. The van der Waals surface area contributed by atoms with Crippen molar-refractivity contribution in [1.82, 2.24) is 4.98 Å². The van der Waals surface area contributed by atoms with E-state index in [1.807, 2.05) is 19.2 Å². The van der Waals surface area contributed by atoms with Crippen LogP contribution in [0.3, 0.4) is 0 Å². The Kier molecular flexibility index (Phi) is 5.42. The number of rotatable bonds is 6. The second kappa shape index (κ2) is 6.60. The predicted octanol–water partition coefficient (Wildman–Crippen LogP) is 2.60. The smallest absolute Gasteiger partial charge is 0.131 e. The first kappa shape index (κ1) is 14.0. The molecular weight excluding hydrogens is 210 g/mol. The lowest BCUT2D eigenvalue weighted by atomic mass is 10.1. The van der Waals surface area contributed by atoms with E-state index >= 15 is 0 Å². The molecule has 2 atom stereocenters. The van der Waals surface area contributed by atoms with Crippen LogP contribution in [0.1, 0.15) is 39.2 Å². The fraction of sp³-hybridized carbons (Fsp3) is 0.643. The molecule has 0 aliphatic rings. The number of hydrogen-bond acceptors (Lipinski definition) is 3. The highest BCUT2D eigenvalue weighted by atomic mass is 15.2. The van der Waals surface area contributed by atoms with Gasteiger partial charge in [-0.1, -0.05) is 19.4 Å². The van der Waals surface area contributed by atoms with Gasteiger partial charge in [-0.2, -0.15) is 0 Å². The molecule has 1 rings (SSSR count). The van der Waals surface area contributed by atoms with Gasteiger partial charge in [-0.25, -0.2) is 4.98 Å². The Hall–Kier alpha value is -1.09. The molecule has 0 aromatic carbocycles. The van der Waals surface area contributed by atoms with E-state index < -0.39 is 0 Å². The second-order valence-corrected chi connectivity index (χ2v) is 4.92. The maximum absolute atomic E-state index is 5.88. The first-order valence-corrected chi connectivity index (χ1v) is 6.48. The first-order valence-electron chi connectivity index (χ1n) is 6.48. The zero-order chi connectivity index (χ0) is 12.8. The van der Waals surface area contributed by atoms with E-state index in [1.165, 1.54) is 18.4 Å². The van der Waals surface area contributed by atoms with Gasteiger partial charge >= 0.3 is 0 Å². The van der Waals surface area contributed by atoms with Gasteiger partial charge in [0.2, 0.25) is 0 Å². The Labute approximate surface area is 105 Å². The third kappa shape index (κ3) is 4.00. The van der Waals surface area contributed by atoms with Gasteiger partial charge in [-0.3, -0.25) is 0 Å². The van der Waals surface area contributed by atoms with Crippen LogP contribution >= 0.6 is 0 Å². The second-order valence-electron chi connectivity index (χ2n) is 4.92. The van der Waals surface area contributed by atoms with Gasteiger partial charge in [-0.15, -0.1) is 0 Å². The summed E-state index contributed by atoms with van der Waals surface area (Å²) in [5.41, 5.74) is 7.13. The Balaban J connectivity index is 2.88. The molecule has 96 valence electrons. The van der Waals surface area contributed by atoms with E-state index in [1.54, 1.807) is 0 Å². The van der Waals surface area contributed by atoms with Crippen LogP contribution in [0.4, 0.5) is 5.82 Å². The van der Waals surface area contributed by atoms with Crippen molar-refractivity contribution >= 4 is 5.82 Å². The van der Waals surface area contributed by atoms with Crippen LogP contribution in [-0.4, -0.2) is 24.1 Å². The maximum atomic E-state index is 5.88. The van der Waals surface area contributed by atoms with E-state index in [0.717, 1.165) is 12.2 Å². The lowest BCUT2D eigenvalue weighted by molar-refractivity contribution is 0.607. The van der Waals surface area contributed by atoms with Crippen LogP contribution in [0.15, 0.2) is 18.3 Å². The SMILES string of the molecule is CCCC(C)N(C)c1ncccc1CC(C)N. The zero-order valence-corrected chi connectivity index (χ0v) is 11.5. The van der Waals surface area contributed by atoms with E-state index in [9.17, 15) is 0 Å². The number of nitrogens with two attached hydrogens (primary N) is 1. The van der Waals surface area contributed by atoms with E-state index in [-0.39, 0.29) is 6.04 Å². The molecule has 1 aromatic heterocycles. The average molecular weight is 235 g/mol. The number of pyridine rings is 1. The molecule has 0 fully saturated rings. The summed E-state index contributed by atoms with van der Waals surface area (Å²) in [5.74, 6) is 1.07. The van der Waals surface area contributed by atoms with E-state index in [2.05, 4.69) is 36.8 Å². The molecule has 0 radical (unpaired) electrons. The van der Waals surface area contributed by atoms with Crippen molar-refractivity contribution in [2.45, 2.75) is 52.1 Å². The zero-order valence-electron chi connectivity index (χ0n) is 11.5. The number of hydrogen-bond donors (Lipinski definition) is 1. The molecule has 2 N–H and O–H groups in total. The van der Waals surface area contributed by atoms with Crippen molar-refractivity contribution in [2.24, 2.45) is 5.73 Å². The van der Waals surface area contributed by atoms with Gasteiger partial charge in [-0.05, 0) is 38.3 Å². The summed E-state index contributed by atoms with van der Waals surface area (Å²) in [6.45, 7) is 6.49. The highest BCUT2D eigenvalue weighted by Crippen LogP contribution is 2.20. The normalized spacial score (nSPS) is 14.4. The van der Waals surface area contributed by atoms with Crippen LogP contribution in [0.25, 0.3) is 0 Å². The number of nitrogens with zero attached hydrogens (tertiary/aromatic N) is 2. The standard InChI is InChI=1S/C14H25N3/c1-5-7-12(3)17(4)14-13(10-11(2)15)8-6-9-16-14/h6,8-9,11-12H,5,7,10,15H2,1-4H3. The largest absolute Gasteiger partial charge is 0.357 e. The molecule has 3 nitrogen and oxygen atoms in total. The van der Waals surface area contributed by atoms with Gasteiger partial charge in [0.1, 0.15) is 5.82 Å². The quantitative estimate of drug-likeness (QED) is 0.824. The minimum absolute atomic E-state index is 0.174. The van der Waals surface area contributed by atoms with Gasteiger partial charge in [0.15, 0.2) is 0 Å². The van der Waals surface area contributed by atoms with E-state index in [4.69, 9.17) is 5.73 Å². The molecule has 1 aromatic rings. The summed E-state index contributed by atoms with van der Waals surface area (Å²) in [6.07, 6.45) is 5.12. The fourth-order valence-electron chi connectivity index (χ4n) is 2.07. The number of aromatic nitrogens is 1. The third-order valence-corrected chi connectivity index (χ3v) is 3.11. The van der Waals surface area contributed by atoms with Gasteiger partial charge < -0.3 is 10.6 Å². The minimum Gasteiger partial charge on any atom is -0.357 e. The van der Waals surface area contributed by atoms with Gasteiger partial charge in [0, 0.05) is 25.3 Å².